The van der Waals surface area contributed by atoms with Gasteiger partial charge in [0.15, 0.2) is 0 Å². The summed E-state index contributed by atoms with van der Waals surface area (Å²) < 4.78 is 0. The maximum Gasteiger partial charge on any atom is 0.144 e. The molecule has 5 nitrogen and oxygen atoms in total. The molecule has 0 fully saturated rings. The quantitative estimate of drug-likeness (QED) is 0.167. The van der Waals surface area contributed by atoms with E-state index in [2.05, 4.69) is 17.4 Å². The molecule has 0 rings (SSSR count). The van der Waals surface area contributed by atoms with E-state index in [1.807, 2.05) is 20.1 Å². The number of nitrogens with one attached hydrogen (secondary N) is 1. The number of oxime groups is 1. The Morgan fingerprint density at radius 1 is 1.50 bits per heavy atom. The number of aliphatic hydroxyl groups excluding tert-OH is 1. The van der Waals surface area contributed by atoms with E-state index < -0.39 is 0 Å². The Labute approximate surface area is 114 Å². The van der Waals surface area contributed by atoms with Crippen molar-refractivity contribution in [3.8, 4) is 0 Å². The van der Waals surface area contributed by atoms with E-state index in [9.17, 15) is 0 Å². The third-order valence-corrected chi connectivity index (χ3v) is 4.45. The normalized spacial score (nSPS) is 16.6. The van der Waals surface area contributed by atoms with Gasteiger partial charge in [-0.05, 0) is 32.6 Å². The molecule has 18 heavy (non-hydrogen) atoms. The van der Waals surface area contributed by atoms with Gasteiger partial charge in [-0.3, -0.25) is 0 Å². The number of nitrogens with two attached hydrogens (primary N) is 1. The highest BCUT2D eigenvalue weighted by Crippen LogP contribution is 2.22. The minimum Gasteiger partial charge on any atom is -0.409 e. The number of rotatable bonds is 9. The number of hydrogen-bond donors (Lipinski definition) is 4. The second-order valence-electron chi connectivity index (χ2n) is 5.17. The first-order valence-electron chi connectivity index (χ1n) is 6.24. The van der Waals surface area contributed by atoms with E-state index >= 15 is 0 Å². The predicted octanol–water partition coefficient (Wildman–Crippen LogP) is 1.24. The van der Waals surface area contributed by atoms with Crippen LogP contribution < -0.4 is 11.1 Å². The van der Waals surface area contributed by atoms with Crippen LogP contribution in [0.4, 0.5) is 0 Å². The van der Waals surface area contributed by atoms with Gasteiger partial charge in [-0.2, -0.15) is 11.8 Å². The summed E-state index contributed by atoms with van der Waals surface area (Å²) in [5, 5.41) is 24.5. The molecule has 2 unspecified atom stereocenters. The zero-order valence-corrected chi connectivity index (χ0v) is 12.6. The summed E-state index contributed by atoms with van der Waals surface area (Å²) >= 11 is 1.67. The van der Waals surface area contributed by atoms with Crippen molar-refractivity contribution >= 4 is 17.6 Å². The Hall–Kier alpha value is -0.460. The van der Waals surface area contributed by atoms with Crippen molar-refractivity contribution in [3.05, 3.63) is 0 Å². The number of thioether (sulfide) groups is 1. The SMILES string of the molecule is CSC(CO)C(C)NCCCC(C)(C)C(N)=NO. The zero-order valence-electron chi connectivity index (χ0n) is 11.8. The van der Waals surface area contributed by atoms with Gasteiger partial charge >= 0.3 is 0 Å². The van der Waals surface area contributed by atoms with Gasteiger partial charge in [0, 0.05) is 16.7 Å². The number of nitrogens with zero attached hydrogens (tertiary/aromatic N) is 1. The Morgan fingerprint density at radius 3 is 2.56 bits per heavy atom. The van der Waals surface area contributed by atoms with Gasteiger partial charge in [-0.1, -0.05) is 19.0 Å². The Bertz CT molecular complexity index is 256. The summed E-state index contributed by atoms with van der Waals surface area (Å²) in [7, 11) is 0. The molecular formula is C12H27N3O2S. The van der Waals surface area contributed by atoms with Crippen LogP contribution in [0.3, 0.4) is 0 Å². The lowest BCUT2D eigenvalue weighted by Gasteiger charge is -2.24. The first-order valence-corrected chi connectivity index (χ1v) is 7.53. The molecule has 0 aliphatic rings. The van der Waals surface area contributed by atoms with Crippen LogP contribution in [0.5, 0.6) is 0 Å². The summed E-state index contributed by atoms with van der Waals surface area (Å²) in [5.74, 6) is 0.271. The van der Waals surface area contributed by atoms with E-state index in [0.29, 0.717) is 0 Å². The highest BCUT2D eigenvalue weighted by Gasteiger charge is 2.23. The minimum absolute atomic E-state index is 0.185. The molecule has 0 spiro atoms. The van der Waals surface area contributed by atoms with Gasteiger partial charge in [-0.25, -0.2) is 0 Å². The summed E-state index contributed by atoms with van der Waals surface area (Å²) in [6.07, 6.45) is 3.80. The van der Waals surface area contributed by atoms with Crippen LogP contribution in [-0.2, 0) is 0 Å². The van der Waals surface area contributed by atoms with Gasteiger partial charge in [0.1, 0.15) is 5.84 Å². The molecule has 0 saturated heterocycles. The first-order chi connectivity index (χ1) is 8.38. The molecular weight excluding hydrogens is 250 g/mol. The molecule has 2 atom stereocenters. The number of hydrogen-bond acceptors (Lipinski definition) is 5. The first kappa shape index (κ1) is 17.5. The predicted molar refractivity (Wildman–Crippen MR) is 78.3 cm³/mol. The van der Waals surface area contributed by atoms with Crippen molar-refractivity contribution in [2.45, 2.75) is 44.9 Å². The van der Waals surface area contributed by atoms with Crippen LogP contribution in [0.25, 0.3) is 0 Å². The van der Waals surface area contributed by atoms with Crippen molar-refractivity contribution in [3.63, 3.8) is 0 Å². The monoisotopic (exact) mass is 277 g/mol. The third kappa shape index (κ3) is 5.93. The average Bonchev–Trinajstić information content (AvgIpc) is 2.35. The van der Waals surface area contributed by atoms with E-state index in [4.69, 9.17) is 16.0 Å². The molecule has 0 bridgehead atoms. The van der Waals surface area contributed by atoms with Gasteiger partial charge in [0.05, 0.1) is 6.61 Å². The third-order valence-electron chi connectivity index (χ3n) is 3.29. The van der Waals surface area contributed by atoms with E-state index in [1.165, 1.54) is 0 Å². The molecule has 6 heteroatoms. The van der Waals surface area contributed by atoms with Crippen molar-refractivity contribution in [2.24, 2.45) is 16.3 Å². The van der Waals surface area contributed by atoms with Gasteiger partial charge in [-0.15, -0.1) is 0 Å². The molecule has 0 amide bonds. The van der Waals surface area contributed by atoms with Crippen molar-refractivity contribution in [1.29, 1.82) is 0 Å². The molecule has 108 valence electrons. The minimum atomic E-state index is -0.282. The summed E-state index contributed by atoms with van der Waals surface area (Å²) in [5.41, 5.74) is 5.35. The number of amidine groups is 1. The summed E-state index contributed by atoms with van der Waals surface area (Å²) in [6, 6.07) is 0.275. The zero-order chi connectivity index (χ0) is 14.2. The fourth-order valence-electron chi connectivity index (χ4n) is 1.69. The van der Waals surface area contributed by atoms with Crippen molar-refractivity contribution in [2.75, 3.05) is 19.4 Å². The standard InChI is InChI=1S/C12H27N3O2S/c1-9(10(8-16)18-4)14-7-5-6-12(2,3)11(13)15-17/h9-10,14,16-17H,5-8H2,1-4H3,(H2,13,15). The van der Waals surface area contributed by atoms with Gasteiger partial charge in [0.25, 0.3) is 0 Å². The largest absolute Gasteiger partial charge is 0.409 e. The highest BCUT2D eigenvalue weighted by molar-refractivity contribution is 7.99. The van der Waals surface area contributed by atoms with E-state index in [0.717, 1.165) is 19.4 Å². The summed E-state index contributed by atoms with van der Waals surface area (Å²) in [4.78, 5) is 0. The number of aliphatic hydroxyl groups is 1. The van der Waals surface area contributed by atoms with Gasteiger partial charge < -0.3 is 21.4 Å². The second kappa shape index (κ2) is 8.61. The lowest BCUT2D eigenvalue weighted by Crippen LogP contribution is -2.39. The summed E-state index contributed by atoms with van der Waals surface area (Å²) in [6.45, 7) is 7.05. The Kier molecular flexibility index (Phi) is 8.39. The lowest BCUT2D eigenvalue weighted by atomic mass is 9.86. The van der Waals surface area contributed by atoms with Crippen LogP contribution in [0.15, 0.2) is 5.16 Å². The molecule has 0 aromatic carbocycles. The van der Waals surface area contributed by atoms with Crippen LogP contribution in [0.1, 0.15) is 33.6 Å². The molecule has 5 N–H and O–H groups in total. The van der Waals surface area contributed by atoms with E-state index in [-0.39, 0.29) is 29.1 Å². The Morgan fingerprint density at radius 2 is 2.11 bits per heavy atom. The van der Waals surface area contributed by atoms with Crippen LogP contribution in [0.2, 0.25) is 0 Å². The molecule has 0 aliphatic carbocycles. The van der Waals surface area contributed by atoms with Crippen molar-refractivity contribution in [1.82, 2.24) is 5.32 Å². The molecule has 0 aliphatic heterocycles. The van der Waals surface area contributed by atoms with Gasteiger partial charge in [0.2, 0.25) is 0 Å². The molecule has 0 aromatic heterocycles. The van der Waals surface area contributed by atoms with Crippen LogP contribution >= 0.6 is 11.8 Å². The topological polar surface area (TPSA) is 90.9 Å². The maximum absolute atomic E-state index is 9.17. The Balaban J connectivity index is 3.93. The van der Waals surface area contributed by atoms with Crippen LogP contribution in [0, 0.1) is 5.41 Å². The lowest BCUT2D eigenvalue weighted by molar-refractivity contribution is 0.274. The average molecular weight is 277 g/mol. The molecule has 0 heterocycles. The van der Waals surface area contributed by atoms with Crippen LogP contribution in [-0.4, -0.2) is 46.8 Å². The highest BCUT2D eigenvalue weighted by atomic mass is 32.2. The molecule has 0 aromatic rings. The second-order valence-corrected chi connectivity index (χ2v) is 6.25. The maximum atomic E-state index is 9.17. The van der Waals surface area contributed by atoms with E-state index in [1.54, 1.807) is 11.8 Å². The molecule has 0 radical (unpaired) electrons. The fourth-order valence-corrected chi connectivity index (χ4v) is 2.35. The fraction of sp³-hybridized carbons (Fsp3) is 0.917. The smallest absolute Gasteiger partial charge is 0.144 e. The van der Waals surface area contributed by atoms with Crippen molar-refractivity contribution < 1.29 is 10.3 Å². The molecule has 0 saturated carbocycles.